The first-order valence-corrected chi connectivity index (χ1v) is 7.81. The maximum atomic E-state index is 12.3. The summed E-state index contributed by atoms with van der Waals surface area (Å²) < 4.78 is 5.68. The fourth-order valence-corrected chi connectivity index (χ4v) is 2.29. The van der Waals surface area contributed by atoms with Crippen molar-refractivity contribution in [2.24, 2.45) is 0 Å². The summed E-state index contributed by atoms with van der Waals surface area (Å²) in [7, 11) is 0. The van der Waals surface area contributed by atoms with E-state index in [1.165, 1.54) is 0 Å². The number of carbonyl (C=O) groups is 1. The minimum atomic E-state index is -0.658. The fraction of sp³-hybridized carbons (Fsp3) is 0.188. The van der Waals surface area contributed by atoms with Crippen LogP contribution in [0, 0.1) is 0 Å². The summed E-state index contributed by atoms with van der Waals surface area (Å²) in [5.74, 6) is 0.195. The van der Waals surface area contributed by atoms with E-state index in [1.54, 1.807) is 42.5 Å². The molecule has 0 bridgehead atoms. The van der Waals surface area contributed by atoms with Gasteiger partial charge in [0.2, 0.25) is 0 Å². The lowest BCUT2D eigenvalue weighted by molar-refractivity contribution is -0.122. The molecule has 0 aliphatic rings. The van der Waals surface area contributed by atoms with E-state index in [0.29, 0.717) is 32.9 Å². The van der Waals surface area contributed by atoms with Crippen LogP contribution in [0.1, 0.15) is 13.3 Å². The molecule has 0 fully saturated rings. The van der Waals surface area contributed by atoms with Crippen molar-refractivity contribution in [3.8, 4) is 5.75 Å². The van der Waals surface area contributed by atoms with Gasteiger partial charge in [0.1, 0.15) is 5.75 Å². The number of rotatable bonds is 5. The highest BCUT2D eigenvalue weighted by molar-refractivity contribution is 6.42. The van der Waals surface area contributed by atoms with Crippen molar-refractivity contribution in [3.05, 3.63) is 57.5 Å². The van der Waals surface area contributed by atoms with Crippen molar-refractivity contribution in [3.63, 3.8) is 0 Å². The highest BCUT2D eigenvalue weighted by atomic mass is 35.5. The fourth-order valence-electron chi connectivity index (χ4n) is 1.81. The molecule has 1 unspecified atom stereocenters. The molecule has 0 radical (unpaired) electrons. The number of amides is 1. The van der Waals surface area contributed by atoms with Crippen LogP contribution in [0.2, 0.25) is 15.1 Å². The Morgan fingerprint density at radius 3 is 2.45 bits per heavy atom. The molecule has 6 heteroatoms. The maximum Gasteiger partial charge on any atom is 0.265 e. The molecule has 0 saturated heterocycles. The molecule has 0 saturated carbocycles. The molecule has 0 aliphatic carbocycles. The lowest BCUT2D eigenvalue weighted by atomic mass is 10.2. The molecule has 1 N–H and O–H groups in total. The molecule has 116 valence electrons. The summed E-state index contributed by atoms with van der Waals surface area (Å²) in [5.41, 5.74) is 0.556. The average molecular weight is 359 g/mol. The molecule has 2 aromatic carbocycles. The summed E-state index contributed by atoms with van der Waals surface area (Å²) in [5, 5.41) is 4.02. The van der Waals surface area contributed by atoms with E-state index >= 15 is 0 Å². The largest absolute Gasteiger partial charge is 0.479 e. The Labute approximate surface area is 144 Å². The topological polar surface area (TPSA) is 38.3 Å². The number of carbonyl (C=O) groups excluding carboxylic acids is 1. The number of hydrogen-bond acceptors (Lipinski definition) is 2. The zero-order valence-electron chi connectivity index (χ0n) is 11.8. The standard InChI is InChI=1S/C16H14Cl3NO2/c1-2-14(22-15-6-4-3-5-12(15)18)16(21)20-10-7-8-11(17)13(19)9-10/h3-9,14H,2H2,1H3,(H,20,21). The van der Waals surface area contributed by atoms with Crippen LogP contribution in [-0.4, -0.2) is 12.0 Å². The van der Waals surface area contributed by atoms with E-state index < -0.39 is 6.10 Å². The van der Waals surface area contributed by atoms with Crippen LogP contribution >= 0.6 is 34.8 Å². The Kier molecular flexibility index (Phi) is 5.95. The third-order valence-corrected chi connectivity index (χ3v) is 4.01. The maximum absolute atomic E-state index is 12.3. The summed E-state index contributed by atoms with van der Waals surface area (Å²) in [6.07, 6.45) is -0.160. The van der Waals surface area contributed by atoms with Gasteiger partial charge in [0.25, 0.3) is 5.91 Å². The summed E-state index contributed by atoms with van der Waals surface area (Å²) in [6.45, 7) is 1.86. The van der Waals surface area contributed by atoms with E-state index in [4.69, 9.17) is 39.5 Å². The average Bonchev–Trinajstić information content (AvgIpc) is 2.50. The van der Waals surface area contributed by atoms with Gasteiger partial charge in [0.15, 0.2) is 6.10 Å². The van der Waals surface area contributed by atoms with Crippen molar-refractivity contribution in [2.45, 2.75) is 19.4 Å². The summed E-state index contributed by atoms with van der Waals surface area (Å²) in [6, 6.07) is 11.9. The van der Waals surface area contributed by atoms with Gasteiger partial charge in [-0.15, -0.1) is 0 Å². The molecule has 1 atom stereocenters. The minimum absolute atomic E-state index is 0.277. The number of hydrogen-bond donors (Lipinski definition) is 1. The van der Waals surface area contributed by atoms with Gasteiger partial charge in [-0.1, -0.05) is 53.9 Å². The molecule has 0 heterocycles. The second-order valence-corrected chi connectivity index (χ2v) is 5.78. The van der Waals surface area contributed by atoms with Gasteiger partial charge in [-0.25, -0.2) is 0 Å². The lowest BCUT2D eigenvalue weighted by Gasteiger charge is -2.18. The van der Waals surface area contributed by atoms with Crippen LogP contribution in [0.4, 0.5) is 5.69 Å². The number of ether oxygens (including phenoxy) is 1. The summed E-state index contributed by atoms with van der Waals surface area (Å²) in [4.78, 5) is 12.3. The molecule has 2 rings (SSSR count). The zero-order chi connectivity index (χ0) is 16.1. The van der Waals surface area contributed by atoms with E-state index in [0.717, 1.165) is 0 Å². The summed E-state index contributed by atoms with van der Waals surface area (Å²) >= 11 is 17.8. The minimum Gasteiger partial charge on any atom is -0.479 e. The van der Waals surface area contributed by atoms with Crippen LogP contribution < -0.4 is 10.1 Å². The van der Waals surface area contributed by atoms with Crippen molar-refractivity contribution < 1.29 is 9.53 Å². The van der Waals surface area contributed by atoms with Crippen LogP contribution in [0.3, 0.4) is 0 Å². The second-order valence-electron chi connectivity index (χ2n) is 4.56. The predicted molar refractivity (Wildman–Crippen MR) is 91.3 cm³/mol. The van der Waals surface area contributed by atoms with Gasteiger partial charge in [-0.3, -0.25) is 4.79 Å². The molecule has 22 heavy (non-hydrogen) atoms. The first-order valence-electron chi connectivity index (χ1n) is 6.68. The van der Waals surface area contributed by atoms with Crippen molar-refractivity contribution in [2.75, 3.05) is 5.32 Å². The lowest BCUT2D eigenvalue weighted by Crippen LogP contribution is -2.32. The first kappa shape index (κ1) is 16.9. The molecule has 1 amide bonds. The van der Waals surface area contributed by atoms with Crippen LogP contribution in [0.25, 0.3) is 0 Å². The first-order chi connectivity index (χ1) is 10.5. The van der Waals surface area contributed by atoms with Crippen molar-refractivity contribution in [1.29, 1.82) is 0 Å². The van der Waals surface area contributed by atoms with E-state index in [-0.39, 0.29) is 5.91 Å². The van der Waals surface area contributed by atoms with Crippen LogP contribution in [0.5, 0.6) is 5.75 Å². The Morgan fingerprint density at radius 1 is 1.09 bits per heavy atom. The van der Waals surface area contributed by atoms with Gasteiger partial charge in [-0.2, -0.15) is 0 Å². The highest BCUT2D eigenvalue weighted by Crippen LogP contribution is 2.27. The Balaban J connectivity index is 2.08. The Morgan fingerprint density at radius 2 is 1.82 bits per heavy atom. The van der Waals surface area contributed by atoms with Crippen molar-refractivity contribution >= 4 is 46.4 Å². The smallest absolute Gasteiger partial charge is 0.265 e. The van der Waals surface area contributed by atoms with Gasteiger partial charge >= 0.3 is 0 Å². The third kappa shape index (κ3) is 4.29. The molecular formula is C16H14Cl3NO2. The molecule has 0 aliphatic heterocycles. The number of halogens is 3. The Bertz CT molecular complexity index is 676. The molecule has 2 aromatic rings. The quantitative estimate of drug-likeness (QED) is 0.772. The van der Waals surface area contributed by atoms with Gasteiger partial charge in [-0.05, 0) is 36.8 Å². The van der Waals surface area contributed by atoms with E-state index in [9.17, 15) is 4.79 Å². The number of para-hydroxylation sites is 1. The van der Waals surface area contributed by atoms with Crippen LogP contribution in [-0.2, 0) is 4.79 Å². The predicted octanol–water partition coefficient (Wildman–Crippen LogP) is 5.44. The van der Waals surface area contributed by atoms with Crippen molar-refractivity contribution in [1.82, 2.24) is 0 Å². The highest BCUT2D eigenvalue weighted by Gasteiger charge is 2.19. The van der Waals surface area contributed by atoms with Gasteiger partial charge in [0.05, 0.1) is 15.1 Å². The zero-order valence-corrected chi connectivity index (χ0v) is 14.0. The molecule has 3 nitrogen and oxygen atoms in total. The van der Waals surface area contributed by atoms with Gasteiger partial charge in [0, 0.05) is 5.69 Å². The number of nitrogens with one attached hydrogen (secondary N) is 1. The monoisotopic (exact) mass is 357 g/mol. The SMILES string of the molecule is CCC(Oc1ccccc1Cl)C(=O)Nc1ccc(Cl)c(Cl)c1. The van der Waals surface area contributed by atoms with E-state index in [1.807, 2.05) is 6.92 Å². The molecule has 0 aromatic heterocycles. The van der Waals surface area contributed by atoms with E-state index in [2.05, 4.69) is 5.32 Å². The second kappa shape index (κ2) is 7.73. The normalized spacial score (nSPS) is 11.8. The number of anilines is 1. The third-order valence-electron chi connectivity index (χ3n) is 2.96. The molecular weight excluding hydrogens is 345 g/mol. The van der Waals surface area contributed by atoms with Crippen LogP contribution in [0.15, 0.2) is 42.5 Å². The number of benzene rings is 2. The van der Waals surface area contributed by atoms with Gasteiger partial charge < -0.3 is 10.1 Å². The Hall–Kier alpha value is -1.42. The molecule has 0 spiro atoms.